The average Bonchev–Trinajstić information content (AvgIpc) is 3.00. The molecule has 142 valence electrons. The summed E-state index contributed by atoms with van der Waals surface area (Å²) in [5, 5.41) is 13.6. The third-order valence-corrected chi connectivity index (χ3v) is 6.05. The SMILES string of the molecule is O=C(Nc1ccc2c(c1)OCCO2)c1ccc(NC2CCS(=O)(=O)C2)nn1. The molecular formula is C17H18N4O5S. The quantitative estimate of drug-likeness (QED) is 0.796. The van der Waals surface area contributed by atoms with Gasteiger partial charge in [-0.25, -0.2) is 8.42 Å². The fourth-order valence-electron chi connectivity index (χ4n) is 2.96. The minimum absolute atomic E-state index is 0.0844. The van der Waals surface area contributed by atoms with Crippen LogP contribution in [-0.4, -0.2) is 55.3 Å². The van der Waals surface area contributed by atoms with E-state index >= 15 is 0 Å². The number of sulfone groups is 1. The van der Waals surface area contributed by atoms with Crippen LogP contribution in [0, 0.1) is 0 Å². The molecule has 1 aromatic carbocycles. The number of nitrogens with one attached hydrogen (secondary N) is 2. The lowest BCUT2D eigenvalue weighted by Gasteiger charge is -2.18. The number of aromatic nitrogens is 2. The van der Waals surface area contributed by atoms with Crippen molar-refractivity contribution in [1.29, 1.82) is 0 Å². The zero-order chi connectivity index (χ0) is 18.9. The highest BCUT2D eigenvalue weighted by Gasteiger charge is 2.28. The van der Waals surface area contributed by atoms with Gasteiger partial charge in [0.25, 0.3) is 5.91 Å². The van der Waals surface area contributed by atoms with E-state index in [1.54, 1.807) is 24.3 Å². The number of benzene rings is 1. The Hall–Kier alpha value is -2.88. The molecular weight excluding hydrogens is 372 g/mol. The second kappa shape index (κ2) is 7.03. The highest BCUT2D eigenvalue weighted by molar-refractivity contribution is 7.91. The number of nitrogens with zero attached hydrogens (tertiary/aromatic N) is 2. The molecule has 2 aliphatic rings. The molecule has 2 N–H and O–H groups in total. The molecule has 1 saturated heterocycles. The minimum atomic E-state index is -2.97. The van der Waals surface area contributed by atoms with Crippen molar-refractivity contribution in [3.05, 3.63) is 36.0 Å². The number of hydrogen-bond donors (Lipinski definition) is 2. The maximum Gasteiger partial charge on any atom is 0.276 e. The largest absolute Gasteiger partial charge is 0.486 e. The molecule has 0 radical (unpaired) electrons. The molecule has 2 aromatic rings. The maximum absolute atomic E-state index is 12.3. The van der Waals surface area contributed by atoms with Gasteiger partial charge in [0.2, 0.25) is 0 Å². The lowest BCUT2D eigenvalue weighted by molar-refractivity contribution is 0.102. The Morgan fingerprint density at radius 3 is 2.59 bits per heavy atom. The zero-order valence-electron chi connectivity index (χ0n) is 14.3. The van der Waals surface area contributed by atoms with Crippen molar-refractivity contribution in [2.45, 2.75) is 12.5 Å². The Kier molecular flexibility index (Phi) is 4.56. The number of ether oxygens (including phenoxy) is 2. The van der Waals surface area contributed by atoms with Gasteiger partial charge in [0.15, 0.2) is 27.0 Å². The van der Waals surface area contributed by atoms with Crippen LogP contribution in [0.1, 0.15) is 16.9 Å². The van der Waals surface area contributed by atoms with Crippen LogP contribution in [0.15, 0.2) is 30.3 Å². The van der Waals surface area contributed by atoms with Crippen LogP contribution in [-0.2, 0) is 9.84 Å². The molecule has 1 aromatic heterocycles. The Morgan fingerprint density at radius 1 is 1.07 bits per heavy atom. The van der Waals surface area contributed by atoms with Crippen LogP contribution in [0.5, 0.6) is 11.5 Å². The van der Waals surface area contributed by atoms with E-state index in [2.05, 4.69) is 20.8 Å². The van der Waals surface area contributed by atoms with Gasteiger partial charge in [0, 0.05) is 17.8 Å². The minimum Gasteiger partial charge on any atom is -0.486 e. The van der Waals surface area contributed by atoms with Crippen molar-refractivity contribution in [2.75, 3.05) is 35.4 Å². The van der Waals surface area contributed by atoms with E-state index in [9.17, 15) is 13.2 Å². The van der Waals surface area contributed by atoms with E-state index in [-0.39, 0.29) is 23.2 Å². The predicted octanol–water partition coefficient (Wildman–Crippen LogP) is 1.10. The highest BCUT2D eigenvalue weighted by atomic mass is 32.2. The standard InChI is InChI=1S/C17H18N4O5S/c22-17(19-11-1-3-14-15(9-11)26-7-6-25-14)13-2-4-16(21-20-13)18-12-5-8-27(23,24)10-12/h1-4,9,12H,5-8,10H2,(H,18,21)(H,19,22). The number of fused-ring (bicyclic) bond motifs is 1. The van der Waals surface area contributed by atoms with Crippen molar-refractivity contribution >= 4 is 27.2 Å². The van der Waals surface area contributed by atoms with Crippen LogP contribution >= 0.6 is 0 Å². The summed E-state index contributed by atoms with van der Waals surface area (Å²) in [6.07, 6.45) is 0.538. The molecule has 2 aliphatic heterocycles. The summed E-state index contributed by atoms with van der Waals surface area (Å²) in [6, 6.07) is 8.11. The summed E-state index contributed by atoms with van der Waals surface area (Å²) in [4.78, 5) is 12.3. The maximum atomic E-state index is 12.3. The smallest absolute Gasteiger partial charge is 0.276 e. The van der Waals surface area contributed by atoms with Crippen molar-refractivity contribution in [1.82, 2.24) is 10.2 Å². The second-order valence-corrected chi connectivity index (χ2v) is 8.59. The molecule has 4 rings (SSSR count). The number of carbonyl (C=O) groups is 1. The summed E-state index contributed by atoms with van der Waals surface area (Å²) in [7, 11) is -2.97. The topological polar surface area (TPSA) is 120 Å². The van der Waals surface area contributed by atoms with Crippen molar-refractivity contribution in [2.24, 2.45) is 0 Å². The third-order valence-electron chi connectivity index (χ3n) is 4.28. The molecule has 0 saturated carbocycles. The first-order valence-corrected chi connectivity index (χ1v) is 10.3. The van der Waals surface area contributed by atoms with Crippen LogP contribution in [0.3, 0.4) is 0 Å². The highest BCUT2D eigenvalue weighted by Crippen LogP contribution is 2.32. The third kappa shape index (κ3) is 4.11. The first-order valence-electron chi connectivity index (χ1n) is 8.50. The Bertz CT molecular complexity index is 962. The number of amides is 1. The Balaban J connectivity index is 1.39. The summed E-state index contributed by atoms with van der Waals surface area (Å²) in [5.41, 5.74) is 0.707. The van der Waals surface area contributed by atoms with E-state index in [4.69, 9.17) is 9.47 Å². The van der Waals surface area contributed by atoms with E-state index < -0.39 is 15.7 Å². The normalized spacial score (nSPS) is 20.1. The van der Waals surface area contributed by atoms with E-state index in [1.807, 2.05) is 0 Å². The molecule has 10 heteroatoms. The molecule has 0 spiro atoms. The van der Waals surface area contributed by atoms with E-state index in [1.165, 1.54) is 6.07 Å². The first kappa shape index (κ1) is 17.5. The molecule has 9 nitrogen and oxygen atoms in total. The van der Waals surface area contributed by atoms with E-state index in [0.717, 1.165) is 0 Å². The van der Waals surface area contributed by atoms with Gasteiger partial charge in [-0.2, -0.15) is 0 Å². The molecule has 1 atom stereocenters. The Labute approximate surface area is 156 Å². The van der Waals surface area contributed by atoms with E-state index in [0.29, 0.717) is 42.6 Å². The van der Waals surface area contributed by atoms with Crippen molar-refractivity contribution in [3.63, 3.8) is 0 Å². The summed E-state index contributed by atoms with van der Waals surface area (Å²) in [6.45, 7) is 0.966. The molecule has 1 unspecified atom stereocenters. The number of anilines is 2. The zero-order valence-corrected chi connectivity index (χ0v) is 15.2. The monoisotopic (exact) mass is 390 g/mol. The summed E-state index contributed by atoms with van der Waals surface area (Å²) in [5.74, 6) is 1.51. The lowest BCUT2D eigenvalue weighted by Crippen LogP contribution is -2.22. The van der Waals surface area contributed by atoms with Gasteiger partial charge in [-0.05, 0) is 30.7 Å². The molecule has 0 aliphatic carbocycles. The van der Waals surface area contributed by atoms with Crippen LogP contribution < -0.4 is 20.1 Å². The average molecular weight is 390 g/mol. The predicted molar refractivity (Wildman–Crippen MR) is 98.1 cm³/mol. The fourth-order valence-corrected chi connectivity index (χ4v) is 4.64. The van der Waals surface area contributed by atoms with Crippen LogP contribution in [0.25, 0.3) is 0 Å². The van der Waals surface area contributed by atoms with Gasteiger partial charge in [0.05, 0.1) is 11.5 Å². The van der Waals surface area contributed by atoms with Crippen LogP contribution in [0.2, 0.25) is 0 Å². The van der Waals surface area contributed by atoms with Crippen molar-refractivity contribution < 1.29 is 22.7 Å². The van der Waals surface area contributed by atoms with Crippen molar-refractivity contribution in [3.8, 4) is 11.5 Å². The Morgan fingerprint density at radius 2 is 1.89 bits per heavy atom. The first-order chi connectivity index (χ1) is 13.0. The molecule has 3 heterocycles. The van der Waals surface area contributed by atoms with Gasteiger partial charge < -0.3 is 20.1 Å². The van der Waals surface area contributed by atoms with Gasteiger partial charge in [0.1, 0.15) is 19.0 Å². The van der Waals surface area contributed by atoms with Gasteiger partial charge in [-0.3, -0.25) is 4.79 Å². The second-order valence-electron chi connectivity index (χ2n) is 6.36. The molecule has 27 heavy (non-hydrogen) atoms. The molecule has 0 bridgehead atoms. The number of hydrogen-bond acceptors (Lipinski definition) is 8. The lowest BCUT2D eigenvalue weighted by atomic mass is 10.2. The van der Waals surface area contributed by atoms with Crippen LogP contribution in [0.4, 0.5) is 11.5 Å². The van der Waals surface area contributed by atoms with Gasteiger partial charge in [-0.1, -0.05) is 0 Å². The number of rotatable bonds is 4. The molecule has 1 fully saturated rings. The summed E-state index contributed by atoms with van der Waals surface area (Å²) >= 11 is 0. The fraction of sp³-hybridized carbons (Fsp3) is 0.353. The number of carbonyl (C=O) groups excluding carboxylic acids is 1. The summed E-state index contributed by atoms with van der Waals surface area (Å²) < 4.78 is 33.9. The molecule has 1 amide bonds. The van der Waals surface area contributed by atoms with Gasteiger partial charge >= 0.3 is 0 Å². The van der Waals surface area contributed by atoms with Gasteiger partial charge in [-0.15, -0.1) is 10.2 Å².